The van der Waals surface area contributed by atoms with Crippen LogP contribution in [0.5, 0.6) is 0 Å². The summed E-state index contributed by atoms with van der Waals surface area (Å²) in [5.41, 5.74) is 0. The van der Waals surface area contributed by atoms with E-state index in [4.69, 9.17) is 18.5 Å². The number of rotatable bonds is 36. The monoisotopic (exact) mass is 907 g/mol. The zero-order chi connectivity index (χ0) is 46.4. The van der Waals surface area contributed by atoms with E-state index in [1.54, 1.807) is 0 Å². The van der Waals surface area contributed by atoms with Crippen molar-refractivity contribution in [2.24, 2.45) is 0 Å². The van der Waals surface area contributed by atoms with Crippen LogP contribution < -0.4 is 0 Å². The van der Waals surface area contributed by atoms with Crippen LogP contribution in [0.3, 0.4) is 0 Å². The second-order valence-electron chi connectivity index (χ2n) is 15.6. The van der Waals surface area contributed by atoms with E-state index in [0.717, 1.165) is 77.0 Å². The van der Waals surface area contributed by atoms with Gasteiger partial charge in [-0.25, -0.2) is 4.57 Å². The van der Waals surface area contributed by atoms with Crippen molar-refractivity contribution in [3.63, 3.8) is 0 Å². The lowest BCUT2D eigenvalue weighted by atomic mass is 9.85. The maximum absolute atomic E-state index is 12.8. The molecular formula is C49H79O13P. The van der Waals surface area contributed by atoms with E-state index in [-0.39, 0.29) is 12.8 Å². The maximum Gasteiger partial charge on any atom is 0.472 e. The Morgan fingerprint density at radius 1 is 0.524 bits per heavy atom. The average molecular weight is 907 g/mol. The minimum Gasteiger partial charge on any atom is -0.462 e. The fourth-order valence-electron chi connectivity index (χ4n) is 6.28. The lowest BCUT2D eigenvalue weighted by Crippen LogP contribution is -2.64. The smallest absolute Gasteiger partial charge is 0.462 e. The summed E-state index contributed by atoms with van der Waals surface area (Å²) in [5.74, 6) is -1.18. The Bertz CT molecular complexity index is 1470. The molecule has 0 saturated heterocycles. The minimum atomic E-state index is -5.14. The quantitative estimate of drug-likeness (QED) is 0.0114. The van der Waals surface area contributed by atoms with Gasteiger partial charge in [0, 0.05) is 12.8 Å². The number of phosphoric acid groups is 1. The molecule has 6 N–H and O–H groups in total. The van der Waals surface area contributed by atoms with Gasteiger partial charge in [-0.2, -0.15) is 0 Å². The molecule has 0 bridgehead atoms. The molecule has 0 aromatic heterocycles. The predicted molar refractivity (Wildman–Crippen MR) is 248 cm³/mol. The molecule has 0 aromatic rings. The fourth-order valence-corrected chi connectivity index (χ4v) is 7.25. The molecule has 0 spiro atoms. The number of hydrogen-bond donors (Lipinski definition) is 6. The SMILES string of the molecule is CC/C=C/C=C/C=C/C=C/CCCCCC(=O)OC(COC(=O)CCCCCCC/C=C/C/C=C/C/C=C/C/C=C/CCCCC)COP(=O)(O)OC1C(O)C(O)C(O)[C@H](O)C1O. The normalized spacial score (nSPS) is 22.6. The molecule has 0 heterocycles. The topological polar surface area (TPSA) is 210 Å². The third-order valence-corrected chi connectivity index (χ3v) is 11.0. The van der Waals surface area contributed by atoms with Crippen molar-refractivity contribution in [2.75, 3.05) is 13.2 Å². The van der Waals surface area contributed by atoms with Crippen LogP contribution in [0.25, 0.3) is 0 Å². The van der Waals surface area contributed by atoms with Crippen molar-refractivity contribution in [3.05, 3.63) is 97.2 Å². The number of aliphatic hydroxyl groups is 5. The Hall–Kier alpha value is -3.23. The Labute approximate surface area is 377 Å². The Morgan fingerprint density at radius 3 is 1.54 bits per heavy atom. The molecule has 1 aliphatic rings. The summed E-state index contributed by atoms with van der Waals surface area (Å²) in [7, 11) is -5.14. The van der Waals surface area contributed by atoms with E-state index < -0.39 is 75.7 Å². The van der Waals surface area contributed by atoms with Crippen LogP contribution in [-0.2, 0) is 32.7 Å². The van der Waals surface area contributed by atoms with Gasteiger partial charge >= 0.3 is 19.8 Å². The van der Waals surface area contributed by atoms with E-state index in [1.165, 1.54) is 25.7 Å². The van der Waals surface area contributed by atoms with E-state index in [9.17, 15) is 44.6 Å². The highest BCUT2D eigenvalue weighted by Gasteiger charge is 2.51. The molecule has 1 saturated carbocycles. The van der Waals surface area contributed by atoms with Crippen LogP contribution in [0.1, 0.15) is 142 Å². The second-order valence-corrected chi connectivity index (χ2v) is 17.0. The number of ether oxygens (including phenoxy) is 2. The molecule has 1 aliphatic carbocycles. The van der Waals surface area contributed by atoms with Crippen LogP contribution in [0.4, 0.5) is 0 Å². The van der Waals surface area contributed by atoms with E-state index in [0.29, 0.717) is 12.8 Å². The van der Waals surface area contributed by atoms with E-state index in [1.807, 2.05) is 42.5 Å². The summed E-state index contributed by atoms with van der Waals surface area (Å²) in [6.07, 6.45) is 37.5. The van der Waals surface area contributed by atoms with Gasteiger partial charge in [0.25, 0.3) is 0 Å². The molecule has 14 heteroatoms. The van der Waals surface area contributed by atoms with Crippen molar-refractivity contribution in [1.29, 1.82) is 0 Å². The van der Waals surface area contributed by atoms with Gasteiger partial charge in [0.2, 0.25) is 0 Å². The van der Waals surface area contributed by atoms with Crippen molar-refractivity contribution >= 4 is 19.8 Å². The first-order chi connectivity index (χ1) is 30.4. The number of carbonyl (C=O) groups excluding carboxylic acids is 2. The van der Waals surface area contributed by atoms with Gasteiger partial charge in [-0.1, -0.05) is 150 Å². The molecule has 0 amide bonds. The molecular weight excluding hydrogens is 828 g/mol. The largest absolute Gasteiger partial charge is 0.472 e. The lowest BCUT2D eigenvalue weighted by molar-refractivity contribution is -0.220. The van der Waals surface area contributed by atoms with Gasteiger partial charge in [-0.15, -0.1) is 0 Å². The molecule has 0 aliphatic heterocycles. The minimum absolute atomic E-state index is 0.0401. The number of allylic oxidation sites excluding steroid dienone is 16. The highest BCUT2D eigenvalue weighted by Crippen LogP contribution is 2.47. The van der Waals surface area contributed by atoms with E-state index >= 15 is 0 Å². The number of hydrogen-bond acceptors (Lipinski definition) is 12. The van der Waals surface area contributed by atoms with Gasteiger partial charge in [-0.3, -0.25) is 18.6 Å². The predicted octanol–water partition coefficient (Wildman–Crippen LogP) is 9.05. The van der Waals surface area contributed by atoms with Crippen LogP contribution in [0.15, 0.2) is 97.2 Å². The van der Waals surface area contributed by atoms with Gasteiger partial charge in [0.05, 0.1) is 6.61 Å². The maximum atomic E-state index is 12.8. The first-order valence-corrected chi connectivity index (χ1v) is 24.6. The Balaban J connectivity index is 2.48. The van der Waals surface area contributed by atoms with Gasteiger partial charge < -0.3 is 39.9 Å². The Kier molecular flexibility index (Phi) is 34.9. The van der Waals surface area contributed by atoms with Crippen molar-refractivity contribution in [3.8, 4) is 0 Å². The number of aliphatic hydroxyl groups excluding tert-OH is 5. The number of esters is 2. The number of unbranched alkanes of at least 4 members (excludes halogenated alkanes) is 11. The first kappa shape index (κ1) is 57.8. The molecule has 7 unspecified atom stereocenters. The van der Waals surface area contributed by atoms with Crippen LogP contribution in [0.2, 0.25) is 0 Å². The third kappa shape index (κ3) is 30.5. The molecule has 8 atom stereocenters. The molecule has 0 radical (unpaired) electrons. The summed E-state index contributed by atoms with van der Waals surface area (Å²) in [4.78, 5) is 35.7. The zero-order valence-electron chi connectivity index (χ0n) is 37.8. The third-order valence-electron chi connectivity index (χ3n) is 10.0. The number of carbonyl (C=O) groups is 2. The molecule has 1 fully saturated rings. The van der Waals surface area contributed by atoms with Gasteiger partial charge in [-0.05, 0) is 77.0 Å². The molecule has 13 nitrogen and oxygen atoms in total. The molecule has 358 valence electrons. The van der Waals surface area contributed by atoms with Crippen molar-refractivity contribution < 1.29 is 63.1 Å². The van der Waals surface area contributed by atoms with Crippen LogP contribution in [0, 0.1) is 0 Å². The Morgan fingerprint density at radius 2 is 0.968 bits per heavy atom. The van der Waals surface area contributed by atoms with Gasteiger partial charge in [0.1, 0.15) is 43.2 Å². The summed E-state index contributed by atoms with van der Waals surface area (Å²) in [5, 5.41) is 50.1. The summed E-state index contributed by atoms with van der Waals surface area (Å²) < 4.78 is 33.4. The zero-order valence-corrected chi connectivity index (χ0v) is 38.7. The number of phosphoric ester groups is 1. The van der Waals surface area contributed by atoms with Crippen molar-refractivity contribution in [1.82, 2.24) is 0 Å². The second kappa shape index (κ2) is 38.1. The summed E-state index contributed by atoms with van der Waals surface area (Å²) >= 11 is 0. The highest BCUT2D eigenvalue weighted by molar-refractivity contribution is 7.47. The summed E-state index contributed by atoms with van der Waals surface area (Å²) in [6, 6.07) is 0. The standard InChI is InChI=1S/C49H79O13P/c1-3-5-7-9-11-13-15-17-18-19-20-21-22-23-24-26-27-29-31-33-35-37-42(50)59-39-41(40-60-63(57,58)62-49-47(55)45(53)44(52)46(54)48(49)56)61-43(51)38-36-34-32-30-28-25-16-14-12-10-8-6-4-2/h6,8,10-14,16-18,20-21,23-25,28,41,44-49,52-56H,3-5,7,9,15,19,22,26-27,29-40H2,1-2H3,(H,57,58)/b8-6+,12-10+,13-11+,16-14+,18-17+,21-20+,24-23+,28-25+/t41?,44?,45-,46?,47?,48?,49?/m0/s1. The molecule has 1 rings (SSSR count). The fraction of sp³-hybridized carbons (Fsp3) is 0.633. The van der Waals surface area contributed by atoms with Crippen LogP contribution >= 0.6 is 7.82 Å². The van der Waals surface area contributed by atoms with Crippen LogP contribution in [-0.4, -0.2) is 98.3 Å². The molecule has 0 aromatic carbocycles. The lowest BCUT2D eigenvalue weighted by Gasteiger charge is -2.41. The van der Waals surface area contributed by atoms with Gasteiger partial charge in [0.15, 0.2) is 6.10 Å². The summed E-state index contributed by atoms with van der Waals surface area (Å²) in [6.45, 7) is 3.06. The average Bonchev–Trinajstić information content (AvgIpc) is 3.26. The highest BCUT2D eigenvalue weighted by atomic mass is 31.2. The van der Waals surface area contributed by atoms with E-state index in [2.05, 4.69) is 68.5 Å². The van der Waals surface area contributed by atoms with Crippen molar-refractivity contribution in [2.45, 2.75) is 185 Å². The first-order valence-electron chi connectivity index (χ1n) is 23.1. The molecule has 63 heavy (non-hydrogen) atoms.